The van der Waals surface area contributed by atoms with Crippen molar-refractivity contribution in [1.82, 2.24) is 9.21 Å². The number of fused-ring (bicyclic) bond motifs is 1. The van der Waals surface area contributed by atoms with Crippen molar-refractivity contribution in [3.63, 3.8) is 0 Å². The van der Waals surface area contributed by atoms with Crippen LogP contribution in [0.3, 0.4) is 0 Å². The molecule has 0 radical (unpaired) electrons. The third-order valence-electron chi connectivity index (χ3n) is 4.51. The molecule has 3 rings (SSSR count). The van der Waals surface area contributed by atoms with E-state index in [9.17, 15) is 18.0 Å². The normalized spacial score (nSPS) is 20.7. The summed E-state index contributed by atoms with van der Waals surface area (Å²) in [6, 6.07) is 6.06. The predicted octanol–water partition coefficient (Wildman–Crippen LogP) is -1.42. The molecule has 2 aliphatic heterocycles. The minimum Gasteiger partial charge on any atom is -0.332 e. The number of amides is 2. The second-order valence-corrected chi connectivity index (χ2v) is 7.63. The van der Waals surface area contributed by atoms with Crippen LogP contribution in [0.5, 0.6) is 0 Å². The molecular formula is C15H20N3O4S+. The summed E-state index contributed by atoms with van der Waals surface area (Å²) in [5.41, 5.74) is 0.139. The average Bonchev–Trinajstić information content (AvgIpc) is 2.76. The highest BCUT2D eigenvalue weighted by Crippen LogP contribution is 2.29. The van der Waals surface area contributed by atoms with E-state index in [1.165, 1.54) is 17.0 Å². The third-order valence-corrected chi connectivity index (χ3v) is 6.30. The van der Waals surface area contributed by atoms with Crippen LogP contribution in [-0.4, -0.2) is 68.7 Å². The van der Waals surface area contributed by atoms with Crippen molar-refractivity contribution < 1.29 is 22.9 Å². The van der Waals surface area contributed by atoms with E-state index in [4.69, 9.17) is 0 Å². The molecule has 1 saturated heterocycles. The van der Waals surface area contributed by atoms with Crippen molar-refractivity contribution >= 4 is 21.8 Å². The Bertz CT molecular complexity index is 739. The quantitative estimate of drug-likeness (QED) is 0.734. The van der Waals surface area contributed by atoms with Gasteiger partial charge >= 0.3 is 0 Å². The zero-order valence-corrected chi connectivity index (χ0v) is 13.8. The maximum absolute atomic E-state index is 12.4. The number of likely N-dealkylation sites (N-methyl/N-ethyl adjacent to an activating group) is 1. The fourth-order valence-electron chi connectivity index (χ4n) is 3.04. The number of sulfonamides is 1. The summed E-state index contributed by atoms with van der Waals surface area (Å²) < 4.78 is 25.6. The van der Waals surface area contributed by atoms with Crippen molar-refractivity contribution in [3.8, 4) is 0 Å². The first kappa shape index (κ1) is 15.9. The van der Waals surface area contributed by atoms with E-state index in [0.29, 0.717) is 17.4 Å². The number of carbonyl (C=O) groups excluding carboxylic acids is 2. The minimum absolute atomic E-state index is 0.0157. The molecule has 8 heteroatoms. The molecule has 0 unspecified atom stereocenters. The molecule has 1 fully saturated rings. The SMILES string of the molecule is CC[NH+]1CCN(C(=O)CN2C(=O)c3ccccc3S2(=O)=O)CC1. The molecular weight excluding hydrogens is 318 g/mol. The van der Waals surface area contributed by atoms with Crippen molar-refractivity contribution in [1.29, 1.82) is 0 Å². The van der Waals surface area contributed by atoms with Crippen molar-refractivity contribution in [3.05, 3.63) is 29.8 Å². The highest BCUT2D eigenvalue weighted by Gasteiger charge is 2.42. The van der Waals surface area contributed by atoms with Gasteiger partial charge in [-0.05, 0) is 19.1 Å². The number of hydrogen-bond donors (Lipinski definition) is 1. The highest BCUT2D eigenvalue weighted by atomic mass is 32.2. The summed E-state index contributed by atoms with van der Waals surface area (Å²) >= 11 is 0. The summed E-state index contributed by atoms with van der Waals surface area (Å²) in [7, 11) is -3.91. The van der Waals surface area contributed by atoms with Crippen molar-refractivity contribution in [2.24, 2.45) is 0 Å². The number of nitrogens with one attached hydrogen (secondary N) is 1. The molecule has 1 aromatic carbocycles. The second kappa shape index (κ2) is 5.93. The van der Waals surface area contributed by atoms with Crippen LogP contribution >= 0.6 is 0 Å². The van der Waals surface area contributed by atoms with Gasteiger partial charge in [0.05, 0.1) is 38.3 Å². The maximum atomic E-state index is 12.4. The molecule has 1 aromatic rings. The zero-order valence-electron chi connectivity index (χ0n) is 13.0. The molecule has 0 atom stereocenters. The lowest BCUT2D eigenvalue weighted by Gasteiger charge is -2.32. The Morgan fingerprint density at radius 3 is 2.48 bits per heavy atom. The fourth-order valence-corrected chi connectivity index (χ4v) is 4.55. The smallest absolute Gasteiger partial charge is 0.269 e. The molecule has 124 valence electrons. The molecule has 0 saturated carbocycles. The molecule has 0 aromatic heterocycles. The lowest BCUT2D eigenvalue weighted by molar-refractivity contribution is -0.902. The van der Waals surface area contributed by atoms with Gasteiger partial charge in [-0.15, -0.1) is 0 Å². The topological polar surface area (TPSA) is 79.2 Å². The van der Waals surface area contributed by atoms with E-state index in [0.717, 1.165) is 19.6 Å². The van der Waals surface area contributed by atoms with Gasteiger partial charge < -0.3 is 9.80 Å². The number of carbonyl (C=O) groups is 2. The Hall–Kier alpha value is -1.93. The summed E-state index contributed by atoms with van der Waals surface area (Å²) in [5, 5.41) is 0. The largest absolute Gasteiger partial charge is 0.332 e. The van der Waals surface area contributed by atoms with Crippen LogP contribution in [0.1, 0.15) is 17.3 Å². The molecule has 0 spiro atoms. The van der Waals surface area contributed by atoms with Crippen LogP contribution in [0, 0.1) is 0 Å². The number of nitrogens with zero attached hydrogens (tertiary/aromatic N) is 2. The first-order valence-electron chi connectivity index (χ1n) is 7.72. The van der Waals surface area contributed by atoms with Gasteiger partial charge in [-0.3, -0.25) is 9.59 Å². The maximum Gasteiger partial charge on any atom is 0.269 e. The van der Waals surface area contributed by atoms with Gasteiger partial charge in [-0.25, -0.2) is 12.7 Å². The summed E-state index contributed by atoms with van der Waals surface area (Å²) in [4.78, 5) is 27.7. The van der Waals surface area contributed by atoms with Gasteiger partial charge in [-0.1, -0.05) is 12.1 Å². The molecule has 0 aliphatic carbocycles. The van der Waals surface area contributed by atoms with Gasteiger partial charge in [-0.2, -0.15) is 0 Å². The van der Waals surface area contributed by atoms with Crippen LogP contribution in [0.15, 0.2) is 29.2 Å². The Kier molecular flexibility index (Phi) is 4.11. The lowest BCUT2D eigenvalue weighted by atomic mass is 10.2. The van der Waals surface area contributed by atoms with E-state index in [2.05, 4.69) is 6.92 Å². The van der Waals surface area contributed by atoms with Gasteiger partial charge in [0.15, 0.2) is 0 Å². The Balaban J connectivity index is 1.74. The Morgan fingerprint density at radius 1 is 1.22 bits per heavy atom. The molecule has 0 bridgehead atoms. The Morgan fingerprint density at radius 2 is 1.87 bits per heavy atom. The van der Waals surface area contributed by atoms with Gasteiger partial charge in [0, 0.05) is 0 Å². The second-order valence-electron chi connectivity index (χ2n) is 5.80. The monoisotopic (exact) mass is 338 g/mol. The standard InChI is InChI=1S/C15H19N3O4S/c1-2-16-7-9-17(10-8-16)14(19)11-18-15(20)12-5-3-4-6-13(12)23(18,21)22/h3-6H,2,7-11H2,1H3/p+1. The average molecular weight is 338 g/mol. The van der Waals surface area contributed by atoms with E-state index in [-0.39, 0.29) is 16.4 Å². The van der Waals surface area contributed by atoms with E-state index in [1.807, 2.05) is 0 Å². The number of benzene rings is 1. The molecule has 1 N–H and O–H groups in total. The van der Waals surface area contributed by atoms with Crippen LogP contribution in [0.4, 0.5) is 0 Å². The van der Waals surface area contributed by atoms with Crippen LogP contribution < -0.4 is 4.90 Å². The molecule has 2 aliphatic rings. The van der Waals surface area contributed by atoms with E-state index >= 15 is 0 Å². The summed E-state index contributed by atoms with van der Waals surface area (Å²) in [6.07, 6.45) is 0. The first-order chi connectivity index (χ1) is 10.9. The van der Waals surface area contributed by atoms with Crippen LogP contribution in [0.2, 0.25) is 0 Å². The van der Waals surface area contributed by atoms with Crippen LogP contribution in [0.25, 0.3) is 0 Å². The van der Waals surface area contributed by atoms with Gasteiger partial charge in [0.25, 0.3) is 15.9 Å². The lowest BCUT2D eigenvalue weighted by Crippen LogP contribution is -3.14. The molecule has 23 heavy (non-hydrogen) atoms. The van der Waals surface area contributed by atoms with Gasteiger partial charge in [0.1, 0.15) is 11.4 Å². The highest BCUT2D eigenvalue weighted by molar-refractivity contribution is 7.90. The minimum atomic E-state index is -3.91. The Labute approximate surface area is 135 Å². The van der Waals surface area contributed by atoms with Crippen LogP contribution in [-0.2, 0) is 14.8 Å². The fraction of sp³-hybridized carbons (Fsp3) is 0.467. The zero-order chi connectivity index (χ0) is 16.6. The number of quaternary nitrogens is 1. The van der Waals surface area contributed by atoms with Crippen molar-refractivity contribution in [2.45, 2.75) is 11.8 Å². The predicted molar refractivity (Wildman–Crippen MR) is 82.5 cm³/mol. The number of rotatable bonds is 3. The molecule has 2 amide bonds. The van der Waals surface area contributed by atoms with E-state index < -0.39 is 22.5 Å². The van der Waals surface area contributed by atoms with Crippen molar-refractivity contribution in [2.75, 3.05) is 39.3 Å². The number of hydrogen-bond acceptors (Lipinski definition) is 4. The summed E-state index contributed by atoms with van der Waals surface area (Å²) in [6.45, 7) is 5.58. The number of piperazine rings is 1. The van der Waals surface area contributed by atoms with Gasteiger partial charge in [0.2, 0.25) is 5.91 Å². The van der Waals surface area contributed by atoms with E-state index in [1.54, 1.807) is 17.0 Å². The molecule has 2 heterocycles. The first-order valence-corrected chi connectivity index (χ1v) is 9.16. The summed E-state index contributed by atoms with van der Waals surface area (Å²) in [5.74, 6) is -0.934. The molecule has 7 nitrogen and oxygen atoms in total. The third kappa shape index (κ3) is 2.72.